The molecule has 9 nitrogen and oxygen atoms in total. The number of fused-ring (bicyclic) bond motifs is 3. The topological polar surface area (TPSA) is 82.1 Å². The Kier molecular flexibility index (Phi) is 12.7. The Morgan fingerprint density at radius 2 is 1.69 bits per heavy atom. The van der Waals surface area contributed by atoms with Crippen molar-refractivity contribution in [1.29, 1.82) is 0 Å². The van der Waals surface area contributed by atoms with E-state index in [0.29, 0.717) is 44.5 Å². The summed E-state index contributed by atoms with van der Waals surface area (Å²) in [4.78, 5) is 17.3. The van der Waals surface area contributed by atoms with Gasteiger partial charge in [-0.15, -0.1) is 5.54 Å². The molecular formula is C44H54F5N5O4Si. The van der Waals surface area contributed by atoms with E-state index in [9.17, 15) is 4.39 Å². The van der Waals surface area contributed by atoms with Crippen LogP contribution in [0.15, 0.2) is 24.3 Å². The number of halogens is 5. The van der Waals surface area contributed by atoms with Gasteiger partial charge in [-0.2, -0.15) is 9.97 Å². The highest BCUT2D eigenvalue weighted by Gasteiger charge is 2.49. The lowest BCUT2D eigenvalue weighted by atomic mass is 9.95. The van der Waals surface area contributed by atoms with Crippen molar-refractivity contribution in [2.24, 2.45) is 0 Å². The van der Waals surface area contributed by atoms with E-state index in [-0.39, 0.29) is 82.5 Å². The zero-order chi connectivity index (χ0) is 42.2. The van der Waals surface area contributed by atoms with Gasteiger partial charge in [-0.3, -0.25) is 4.90 Å². The number of rotatable bonds is 12. The Labute approximate surface area is 344 Å². The van der Waals surface area contributed by atoms with Crippen LogP contribution in [0.5, 0.6) is 11.8 Å². The molecule has 59 heavy (non-hydrogen) atoms. The van der Waals surface area contributed by atoms with Gasteiger partial charge in [0.2, 0.25) is 0 Å². The van der Waals surface area contributed by atoms with E-state index in [4.69, 9.17) is 18.9 Å². The number of methoxy groups -OCH3 is 1. The Bertz CT molecular complexity index is 2220. The Balaban J connectivity index is 1.50. The van der Waals surface area contributed by atoms with Crippen molar-refractivity contribution in [3.63, 3.8) is 0 Å². The highest BCUT2D eigenvalue weighted by Crippen LogP contribution is 2.45. The third kappa shape index (κ3) is 8.10. The number of ether oxygens (including phenoxy) is 4. The number of pyridine rings is 1. The summed E-state index contributed by atoms with van der Waals surface area (Å²) >= 11 is 0. The molecule has 0 aliphatic carbocycles. The molecule has 0 N–H and O–H groups in total. The SMILES string of the molecule is COCOc1cc(-c2nc(C(F)F)c3c(N4CCCOCC4)nc(OC[C@@]45CCCN4C[C@H](F)C5)nc3c2F)c2c(C#C[Si](C(C)C)(C(C)C)C(C)C)c(F)ccc2c1. The lowest BCUT2D eigenvalue weighted by Crippen LogP contribution is -2.43. The van der Waals surface area contributed by atoms with Crippen LogP contribution in [0.2, 0.25) is 16.6 Å². The summed E-state index contributed by atoms with van der Waals surface area (Å²) in [5, 5.41) is 0.375. The molecule has 4 aromatic rings. The van der Waals surface area contributed by atoms with Gasteiger partial charge in [-0.05, 0) is 66.0 Å². The second-order valence-electron chi connectivity index (χ2n) is 17.0. The molecule has 318 valence electrons. The van der Waals surface area contributed by atoms with Crippen molar-refractivity contribution in [1.82, 2.24) is 19.9 Å². The Morgan fingerprint density at radius 1 is 0.932 bits per heavy atom. The largest absolute Gasteiger partial charge is 0.468 e. The zero-order valence-electron chi connectivity index (χ0n) is 34.9. The molecule has 0 unspecified atom stereocenters. The van der Waals surface area contributed by atoms with Crippen molar-refractivity contribution < 1.29 is 40.9 Å². The van der Waals surface area contributed by atoms with Crippen molar-refractivity contribution in [3.05, 3.63) is 47.2 Å². The third-order valence-electron chi connectivity index (χ3n) is 12.6. The minimum absolute atomic E-state index is 0.00385. The van der Waals surface area contributed by atoms with E-state index in [1.54, 1.807) is 11.0 Å². The fraction of sp³-hybridized carbons (Fsp3) is 0.568. The number of hydrogen-bond donors (Lipinski definition) is 0. The predicted molar refractivity (Wildman–Crippen MR) is 222 cm³/mol. The van der Waals surface area contributed by atoms with Gasteiger partial charge in [0, 0.05) is 50.7 Å². The van der Waals surface area contributed by atoms with Crippen LogP contribution < -0.4 is 14.4 Å². The van der Waals surface area contributed by atoms with Gasteiger partial charge in [0.25, 0.3) is 6.43 Å². The number of aromatic nitrogens is 3. The zero-order valence-corrected chi connectivity index (χ0v) is 35.9. The molecule has 0 saturated carbocycles. The highest BCUT2D eigenvalue weighted by molar-refractivity contribution is 6.90. The lowest BCUT2D eigenvalue weighted by molar-refractivity contribution is 0.0512. The van der Waals surface area contributed by atoms with Gasteiger partial charge >= 0.3 is 6.01 Å². The molecule has 0 bridgehead atoms. The summed E-state index contributed by atoms with van der Waals surface area (Å²) < 4.78 is 103. The number of nitrogens with zero attached hydrogens (tertiary/aromatic N) is 5. The van der Waals surface area contributed by atoms with Gasteiger partial charge < -0.3 is 23.8 Å². The Hall–Kier alpha value is -4.10. The molecule has 3 aliphatic rings. The van der Waals surface area contributed by atoms with E-state index < -0.39 is 54.7 Å². The minimum atomic E-state index is -3.19. The quantitative estimate of drug-likeness (QED) is 0.0600. The van der Waals surface area contributed by atoms with Crippen molar-refractivity contribution >= 4 is 35.6 Å². The molecular weight excluding hydrogens is 786 g/mol. The van der Waals surface area contributed by atoms with Gasteiger partial charge in [-0.1, -0.05) is 53.5 Å². The molecule has 5 heterocycles. The molecule has 0 amide bonds. The number of hydrogen-bond acceptors (Lipinski definition) is 9. The van der Waals surface area contributed by atoms with Crippen molar-refractivity contribution in [2.75, 3.05) is 64.8 Å². The summed E-state index contributed by atoms with van der Waals surface area (Å²) in [6, 6.07) is 5.69. The number of alkyl halides is 3. The summed E-state index contributed by atoms with van der Waals surface area (Å²) in [5.41, 5.74) is 2.05. The van der Waals surface area contributed by atoms with Gasteiger partial charge in [0.15, 0.2) is 12.6 Å². The van der Waals surface area contributed by atoms with Crippen LogP contribution in [-0.4, -0.2) is 99.5 Å². The van der Waals surface area contributed by atoms with Crippen LogP contribution >= 0.6 is 0 Å². The molecule has 2 aromatic heterocycles. The predicted octanol–water partition coefficient (Wildman–Crippen LogP) is 9.79. The standard InChI is InChI=1S/C44H54F5N5O4Si/c1-26(2)59(27(3)4,28(5)6)19-12-32-34(46)11-10-29-20-31(58-25-55-7)21-33(35(29)32)38-37(47)39-36(40(50-38)41(48)49)42(53-14-9-17-56-18-16-53)52-43(51-39)57-24-44-13-8-15-54(44)23-30(45)22-44/h10-11,20-21,26-28,30,41H,8-9,13-18,22-25H2,1-7H3/t30-,44+/m1/s1. The molecule has 2 aromatic carbocycles. The summed E-state index contributed by atoms with van der Waals surface area (Å²) in [7, 11) is -0.963. The van der Waals surface area contributed by atoms with E-state index in [2.05, 4.69) is 72.9 Å². The van der Waals surface area contributed by atoms with Crippen LogP contribution in [0.25, 0.3) is 32.9 Å². The van der Waals surface area contributed by atoms with Crippen LogP contribution in [0.4, 0.5) is 27.8 Å². The van der Waals surface area contributed by atoms with Gasteiger partial charge in [0.1, 0.15) is 55.1 Å². The van der Waals surface area contributed by atoms with E-state index in [1.165, 1.54) is 25.3 Å². The van der Waals surface area contributed by atoms with E-state index in [0.717, 1.165) is 13.0 Å². The summed E-state index contributed by atoms with van der Waals surface area (Å²) in [6.45, 7) is 15.2. The first kappa shape index (κ1) is 43.0. The van der Waals surface area contributed by atoms with Crippen LogP contribution in [0.3, 0.4) is 0 Å². The smallest absolute Gasteiger partial charge is 0.319 e. The maximum absolute atomic E-state index is 17.7. The van der Waals surface area contributed by atoms with E-state index in [1.807, 2.05) is 0 Å². The fourth-order valence-electron chi connectivity index (χ4n) is 9.93. The molecule has 0 radical (unpaired) electrons. The second kappa shape index (κ2) is 17.5. The Morgan fingerprint density at radius 3 is 2.41 bits per heavy atom. The van der Waals surface area contributed by atoms with Crippen LogP contribution in [0.1, 0.15) is 84.9 Å². The maximum Gasteiger partial charge on any atom is 0.319 e. The first-order valence-electron chi connectivity index (χ1n) is 20.7. The molecule has 15 heteroatoms. The minimum Gasteiger partial charge on any atom is -0.468 e. The first-order chi connectivity index (χ1) is 28.2. The average molecular weight is 840 g/mol. The molecule has 3 fully saturated rings. The lowest BCUT2D eigenvalue weighted by Gasteiger charge is -2.38. The number of anilines is 1. The highest BCUT2D eigenvalue weighted by atomic mass is 28.3. The maximum atomic E-state index is 17.7. The van der Waals surface area contributed by atoms with Crippen LogP contribution in [0, 0.1) is 23.1 Å². The average Bonchev–Trinajstić information content (AvgIpc) is 3.57. The third-order valence-corrected chi connectivity index (χ3v) is 18.9. The molecule has 3 aliphatic heterocycles. The normalized spacial score (nSPS) is 20.3. The number of benzene rings is 2. The van der Waals surface area contributed by atoms with Crippen molar-refractivity contribution in [2.45, 2.75) is 102 Å². The monoisotopic (exact) mass is 839 g/mol. The second-order valence-corrected chi connectivity index (χ2v) is 22.6. The first-order valence-corrected chi connectivity index (χ1v) is 22.9. The molecule has 0 spiro atoms. The van der Waals surface area contributed by atoms with Gasteiger partial charge in [-0.25, -0.2) is 26.9 Å². The fourth-order valence-corrected chi connectivity index (χ4v) is 15.1. The van der Waals surface area contributed by atoms with Crippen molar-refractivity contribution in [3.8, 4) is 34.5 Å². The summed E-state index contributed by atoms with van der Waals surface area (Å²) in [5.74, 6) is 1.80. The summed E-state index contributed by atoms with van der Waals surface area (Å²) in [6.07, 6.45) is -1.77. The molecule has 2 atom stereocenters. The van der Waals surface area contributed by atoms with E-state index >= 15 is 17.6 Å². The molecule has 7 rings (SSSR count). The van der Waals surface area contributed by atoms with Gasteiger partial charge in [0.05, 0.1) is 23.1 Å². The van der Waals surface area contributed by atoms with Crippen LogP contribution in [-0.2, 0) is 9.47 Å². The molecule has 3 saturated heterocycles.